The predicted molar refractivity (Wildman–Crippen MR) is 70.1 cm³/mol. The van der Waals surface area contributed by atoms with Gasteiger partial charge >= 0.3 is 0 Å². The fourth-order valence-electron chi connectivity index (χ4n) is 1.70. The number of furan rings is 1. The Morgan fingerprint density at radius 2 is 2.05 bits per heavy atom. The van der Waals surface area contributed by atoms with Crippen molar-refractivity contribution in [1.82, 2.24) is 15.0 Å². The average Bonchev–Trinajstić information content (AvgIpc) is 2.87. The molecule has 0 saturated heterocycles. The molecule has 2 aromatic rings. The largest absolute Gasteiger partial charge is 0.465 e. The van der Waals surface area contributed by atoms with Crippen LogP contribution in [0.2, 0.25) is 0 Å². The molecule has 2 aromatic heterocycles. The molecule has 0 atom stereocenters. The molecule has 2 heterocycles. The van der Waals surface area contributed by atoms with Crippen LogP contribution in [-0.4, -0.2) is 22.1 Å². The highest BCUT2D eigenvalue weighted by Crippen LogP contribution is 2.14. The summed E-state index contributed by atoms with van der Waals surface area (Å²) in [4.78, 5) is 6.33. The summed E-state index contributed by atoms with van der Waals surface area (Å²) in [6.07, 6.45) is 0. The maximum absolute atomic E-state index is 5.91. The minimum atomic E-state index is -0.585. The highest BCUT2D eigenvalue weighted by atomic mass is 16.5. The standard InChI is InChI=1S/C13H20N4O2/c1-9-5-6-10(18-9)7-17(4)8-11-15-12(16-19-11)13(2,3)14/h5-6H,7-8,14H2,1-4H3. The molecule has 6 nitrogen and oxygen atoms in total. The van der Waals surface area contributed by atoms with Crippen LogP contribution in [0.4, 0.5) is 0 Å². The van der Waals surface area contributed by atoms with E-state index >= 15 is 0 Å². The summed E-state index contributed by atoms with van der Waals surface area (Å²) in [6, 6.07) is 3.92. The smallest absolute Gasteiger partial charge is 0.240 e. The van der Waals surface area contributed by atoms with Gasteiger partial charge in [0.2, 0.25) is 5.89 Å². The third-order valence-electron chi connectivity index (χ3n) is 2.67. The molecule has 0 spiro atoms. The topological polar surface area (TPSA) is 81.3 Å². The Hall–Kier alpha value is -1.66. The SMILES string of the molecule is Cc1ccc(CN(C)Cc2nc(C(C)(C)N)no2)o1. The second-order valence-corrected chi connectivity index (χ2v) is 5.42. The Labute approximate surface area is 112 Å². The second kappa shape index (κ2) is 5.14. The van der Waals surface area contributed by atoms with Crippen LogP contribution in [0, 0.1) is 6.92 Å². The average molecular weight is 264 g/mol. The molecule has 0 aliphatic heterocycles. The van der Waals surface area contributed by atoms with Crippen LogP contribution >= 0.6 is 0 Å². The van der Waals surface area contributed by atoms with Gasteiger partial charge in [-0.25, -0.2) is 0 Å². The molecule has 2 N–H and O–H groups in total. The van der Waals surface area contributed by atoms with E-state index in [1.807, 2.05) is 44.9 Å². The van der Waals surface area contributed by atoms with E-state index in [2.05, 4.69) is 10.1 Å². The first-order valence-electron chi connectivity index (χ1n) is 6.20. The highest BCUT2D eigenvalue weighted by Gasteiger charge is 2.21. The van der Waals surface area contributed by atoms with Crippen molar-refractivity contribution < 1.29 is 8.94 Å². The first-order valence-corrected chi connectivity index (χ1v) is 6.20. The molecule has 0 unspecified atom stereocenters. The van der Waals surface area contributed by atoms with Gasteiger partial charge in [-0.3, -0.25) is 4.90 Å². The van der Waals surface area contributed by atoms with Gasteiger partial charge < -0.3 is 14.7 Å². The van der Waals surface area contributed by atoms with Crippen molar-refractivity contribution in [3.8, 4) is 0 Å². The van der Waals surface area contributed by atoms with Crippen LogP contribution < -0.4 is 5.73 Å². The van der Waals surface area contributed by atoms with E-state index in [4.69, 9.17) is 14.7 Å². The molecule has 0 radical (unpaired) electrons. The summed E-state index contributed by atoms with van der Waals surface area (Å²) in [5.41, 5.74) is 5.33. The van der Waals surface area contributed by atoms with Gasteiger partial charge in [-0.1, -0.05) is 5.16 Å². The van der Waals surface area contributed by atoms with Gasteiger partial charge in [0.25, 0.3) is 0 Å². The molecule has 0 aliphatic rings. The summed E-state index contributed by atoms with van der Waals surface area (Å²) in [7, 11) is 1.97. The van der Waals surface area contributed by atoms with Crippen molar-refractivity contribution in [2.75, 3.05) is 7.05 Å². The molecule has 19 heavy (non-hydrogen) atoms. The number of nitrogens with zero attached hydrogens (tertiary/aromatic N) is 3. The third kappa shape index (κ3) is 3.65. The Morgan fingerprint density at radius 3 is 2.58 bits per heavy atom. The summed E-state index contributed by atoms with van der Waals surface area (Å²) >= 11 is 0. The van der Waals surface area contributed by atoms with Crippen molar-refractivity contribution in [2.24, 2.45) is 5.73 Å². The summed E-state index contributed by atoms with van der Waals surface area (Å²) in [5, 5.41) is 3.89. The van der Waals surface area contributed by atoms with Gasteiger partial charge in [0.15, 0.2) is 5.82 Å². The van der Waals surface area contributed by atoms with Crippen LogP contribution in [0.25, 0.3) is 0 Å². The van der Waals surface area contributed by atoms with Crippen molar-refractivity contribution in [3.05, 3.63) is 35.4 Å². The number of hydrogen-bond acceptors (Lipinski definition) is 6. The zero-order chi connectivity index (χ0) is 14.0. The lowest BCUT2D eigenvalue weighted by atomic mass is 10.1. The molecule has 6 heteroatoms. The Balaban J connectivity index is 1.95. The monoisotopic (exact) mass is 264 g/mol. The molecule has 0 bridgehead atoms. The van der Waals surface area contributed by atoms with Crippen molar-refractivity contribution >= 4 is 0 Å². The van der Waals surface area contributed by atoms with Crippen molar-refractivity contribution in [2.45, 2.75) is 39.4 Å². The third-order valence-corrected chi connectivity index (χ3v) is 2.67. The molecular weight excluding hydrogens is 244 g/mol. The second-order valence-electron chi connectivity index (χ2n) is 5.42. The van der Waals surface area contributed by atoms with Crippen LogP contribution in [0.1, 0.15) is 37.1 Å². The van der Waals surface area contributed by atoms with Gasteiger partial charge in [0.05, 0.1) is 18.6 Å². The Morgan fingerprint density at radius 1 is 1.32 bits per heavy atom. The lowest BCUT2D eigenvalue weighted by molar-refractivity contribution is 0.242. The van der Waals surface area contributed by atoms with E-state index in [1.165, 1.54) is 0 Å². The van der Waals surface area contributed by atoms with Crippen LogP contribution in [0.15, 0.2) is 21.1 Å². The quantitative estimate of drug-likeness (QED) is 0.886. The first-order chi connectivity index (χ1) is 8.84. The predicted octanol–water partition coefficient (Wildman–Crippen LogP) is 1.80. The van der Waals surface area contributed by atoms with E-state index in [0.29, 0.717) is 24.8 Å². The van der Waals surface area contributed by atoms with E-state index in [0.717, 1.165) is 11.5 Å². The van der Waals surface area contributed by atoms with Crippen molar-refractivity contribution in [3.63, 3.8) is 0 Å². The molecule has 2 rings (SSSR count). The van der Waals surface area contributed by atoms with Gasteiger partial charge in [0, 0.05) is 0 Å². The number of hydrogen-bond donors (Lipinski definition) is 1. The van der Waals surface area contributed by atoms with Gasteiger partial charge in [0.1, 0.15) is 11.5 Å². The molecule has 0 aromatic carbocycles. The molecule has 0 saturated carbocycles. The number of rotatable bonds is 5. The van der Waals surface area contributed by atoms with Crippen LogP contribution in [0.3, 0.4) is 0 Å². The van der Waals surface area contributed by atoms with Crippen LogP contribution in [-0.2, 0) is 18.6 Å². The zero-order valence-electron chi connectivity index (χ0n) is 11.8. The fourth-order valence-corrected chi connectivity index (χ4v) is 1.70. The summed E-state index contributed by atoms with van der Waals surface area (Å²) in [6.45, 7) is 6.87. The zero-order valence-corrected chi connectivity index (χ0v) is 11.8. The molecule has 0 aliphatic carbocycles. The Bertz CT molecular complexity index is 539. The van der Waals surface area contributed by atoms with E-state index in [1.54, 1.807) is 0 Å². The maximum Gasteiger partial charge on any atom is 0.240 e. The number of aryl methyl sites for hydroxylation is 1. The van der Waals surface area contributed by atoms with Gasteiger partial charge in [-0.2, -0.15) is 4.98 Å². The van der Waals surface area contributed by atoms with Gasteiger partial charge in [-0.15, -0.1) is 0 Å². The number of aromatic nitrogens is 2. The first kappa shape index (κ1) is 13.8. The van der Waals surface area contributed by atoms with E-state index in [9.17, 15) is 0 Å². The normalized spacial score (nSPS) is 12.3. The summed E-state index contributed by atoms with van der Waals surface area (Å²) in [5.74, 6) is 2.90. The molecule has 104 valence electrons. The molecular formula is C13H20N4O2. The van der Waals surface area contributed by atoms with Crippen molar-refractivity contribution in [1.29, 1.82) is 0 Å². The maximum atomic E-state index is 5.91. The summed E-state index contributed by atoms with van der Waals surface area (Å²) < 4.78 is 10.7. The van der Waals surface area contributed by atoms with Gasteiger partial charge in [-0.05, 0) is 40.0 Å². The molecule has 0 amide bonds. The number of nitrogens with two attached hydrogens (primary N) is 1. The lowest BCUT2D eigenvalue weighted by Gasteiger charge is -2.13. The van der Waals surface area contributed by atoms with Crippen LogP contribution in [0.5, 0.6) is 0 Å². The molecule has 0 fully saturated rings. The minimum Gasteiger partial charge on any atom is -0.465 e. The minimum absolute atomic E-state index is 0.518. The van der Waals surface area contributed by atoms with E-state index < -0.39 is 5.54 Å². The fraction of sp³-hybridized carbons (Fsp3) is 0.538. The Kier molecular flexibility index (Phi) is 3.73. The van der Waals surface area contributed by atoms with E-state index in [-0.39, 0.29) is 0 Å². The highest BCUT2D eigenvalue weighted by molar-refractivity contribution is 5.05. The lowest BCUT2D eigenvalue weighted by Crippen LogP contribution is -2.30.